The van der Waals surface area contributed by atoms with Gasteiger partial charge in [0.15, 0.2) is 5.69 Å². The van der Waals surface area contributed by atoms with E-state index in [0.29, 0.717) is 5.52 Å². The minimum atomic E-state index is -4.81. The van der Waals surface area contributed by atoms with Gasteiger partial charge in [-0.3, -0.25) is 0 Å². The highest BCUT2D eigenvalue weighted by molar-refractivity contribution is 7.80. The van der Waals surface area contributed by atoms with Crippen molar-refractivity contribution in [3.05, 3.63) is 18.2 Å². The molecule has 10 heteroatoms. The smallest absolute Gasteiger partial charge is 0.493 e. The number of rotatable bonds is 2. The Hall–Kier alpha value is -2.36. The fourth-order valence-electron chi connectivity index (χ4n) is 1.54. The molecule has 6 nitrogen and oxygen atoms in total. The zero-order chi connectivity index (χ0) is 14.9. The summed E-state index contributed by atoms with van der Waals surface area (Å²) in [5, 5.41) is 16.5. The third kappa shape index (κ3) is 3.15. The van der Waals surface area contributed by atoms with E-state index in [1.807, 2.05) is 0 Å². The maximum Gasteiger partial charge on any atom is 0.573 e. The molecule has 2 rings (SSSR count). The van der Waals surface area contributed by atoms with Crippen LogP contribution < -0.4 is 10.5 Å². The number of alkyl halides is 3. The summed E-state index contributed by atoms with van der Waals surface area (Å²) in [7, 11) is 0. The number of thiocarbonyl (C=S) groups is 1. The van der Waals surface area contributed by atoms with Gasteiger partial charge in [0.1, 0.15) is 5.75 Å². The molecule has 0 saturated carbocycles. The summed E-state index contributed by atoms with van der Waals surface area (Å²) in [6.07, 6.45) is -4.81. The molecule has 0 atom stereocenters. The number of halogens is 3. The van der Waals surface area contributed by atoms with Gasteiger partial charge in [-0.2, -0.15) is 0 Å². The van der Waals surface area contributed by atoms with Gasteiger partial charge in [-0.15, -0.1) is 23.4 Å². The summed E-state index contributed by atoms with van der Waals surface area (Å²) >= 11 is 4.48. The van der Waals surface area contributed by atoms with Crippen LogP contribution in [0.4, 0.5) is 18.9 Å². The number of H-pyrrole nitrogens is 1. The summed E-state index contributed by atoms with van der Waals surface area (Å²) in [4.78, 5) is 2.52. The van der Waals surface area contributed by atoms with Crippen LogP contribution in [0.3, 0.4) is 0 Å². The average molecular weight is 304 g/mol. The van der Waals surface area contributed by atoms with Crippen molar-refractivity contribution in [2.45, 2.75) is 6.36 Å². The first kappa shape index (κ1) is 14.1. The molecule has 0 aliphatic heterocycles. The number of aromatic nitrogens is 1. The van der Waals surface area contributed by atoms with Crippen molar-refractivity contribution in [2.24, 2.45) is 16.0 Å². The topological polar surface area (TPSA) is 96.0 Å². The first-order valence-electron chi connectivity index (χ1n) is 5.08. The lowest BCUT2D eigenvalue weighted by molar-refractivity contribution is -0.274. The van der Waals surface area contributed by atoms with Crippen molar-refractivity contribution in [3.63, 3.8) is 0 Å². The van der Waals surface area contributed by atoms with Crippen LogP contribution in [0.2, 0.25) is 0 Å². The van der Waals surface area contributed by atoms with Crippen molar-refractivity contribution in [2.75, 3.05) is 0 Å². The first-order chi connectivity index (χ1) is 9.26. The molecule has 2 aromatic rings. The molecular weight excluding hydrogens is 297 g/mol. The molecule has 0 fully saturated rings. The van der Waals surface area contributed by atoms with E-state index in [-0.39, 0.29) is 22.1 Å². The van der Waals surface area contributed by atoms with Crippen molar-refractivity contribution >= 4 is 33.9 Å². The molecule has 0 spiro atoms. The standard InChI is InChI=1S/C10H7F3N4O2S/c11-10(12,13)19-4-1-2-6-5(3-4)7(8(18)15-6)16-17-9(14)20/h1-3,15,18H,(H2,14,20). The zero-order valence-electron chi connectivity index (χ0n) is 9.60. The molecule has 0 aliphatic carbocycles. The number of fused-ring (bicyclic) bond motifs is 1. The van der Waals surface area contributed by atoms with Gasteiger partial charge >= 0.3 is 6.36 Å². The number of nitrogens with zero attached hydrogens (tertiary/aromatic N) is 2. The van der Waals surface area contributed by atoms with Gasteiger partial charge in [-0.05, 0) is 30.4 Å². The number of nitrogens with one attached hydrogen (secondary N) is 1. The molecule has 0 unspecified atom stereocenters. The highest BCUT2D eigenvalue weighted by Crippen LogP contribution is 2.38. The van der Waals surface area contributed by atoms with E-state index >= 15 is 0 Å². The number of hydrogen-bond acceptors (Lipinski definition) is 4. The van der Waals surface area contributed by atoms with E-state index in [9.17, 15) is 18.3 Å². The molecule has 1 aromatic carbocycles. The lowest BCUT2D eigenvalue weighted by Gasteiger charge is -2.08. The number of benzene rings is 1. The average Bonchev–Trinajstić information content (AvgIpc) is 2.59. The predicted molar refractivity (Wildman–Crippen MR) is 67.9 cm³/mol. The minimum Gasteiger partial charge on any atom is -0.493 e. The Labute approximate surface area is 115 Å². The van der Waals surface area contributed by atoms with E-state index in [4.69, 9.17) is 5.73 Å². The van der Waals surface area contributed by atoms with Gasteiger partial charge in [0.05, 0.1) is 5.52 Å². The third-order valence-electron chi connectivity index (χ3n) is 2.21. The fraction of sp³-hybridized carbons (Fsp3) is 0.100. The molecule has 4 N–H and O–H groups in total. The Morgan fingerprint density at radius 2 is 2.10 bits per heavy atom. The fourth-order valence-corrected chi connectivity index (χ4v) is 1.58. The second-order valence-corrected chi connectivity index (χ2v) is 4.03. The van der Waals surface area contributed by atoms with Crippen molar-refractivity contribution < 1.29 is 23.0 Å². The van der Waals surface area contributed by atoms with Crippen LogP contribution in [-0.4, -0.2) is 21.6 Å². The number of nitrogens with two attached hydrogens (primary N) is 1. The summed E-state index contributed by atoms with van der Waals surface area (Å²) in [5.74, 6) is -0.820. The van der Waals surface area contributed by atoms with Gasteiger partial charge in [-0.25, -0.2) is 0 Å². The van der Waals surface area contributed by atoms with E-state index in [1.54, 1.807) is 0 Å². The molecule has 0 radical (unpaired) electrons. The molecule has 20 heavy (non-hydrogen) atoms. The Morgan fingerprint density at radius 1 is 1.40 bits per heavy atom. The number of ether oxygens (including phenoxy) is 1. The second kappa shape index (κ2) is 4.96. The summed E-state index contributed by atoms with van der Waals surface area (Å²) in [5.41, 5.74) is 5.39. The van der Waals surface area contributed by atoms with Crippen molar-refractivity contribution in [1.29, 1.82) is 0 Å². The van der Waals surface area contributed by atoms with E-state index < -0.39 is 12.1 Å². The number of hydrogen-bond donors (Lipinski definition) is 3. The highest BCUT2D eigenvalue weighted by atomic mass is 32.1. The number of aromatic hydroxyl groups is 1. The van der Waals surface area contributed by atoms with Gasteiger partial charge < -0.3 is 20.6 Å². The number of aromatic amines is 1. The van der Waals surface area contributed by atoms with Crippen LogP contribution in [0.25, 0.3) is 10.9 Å². The third-order valence-corrected chi connectivity index (χ3v) is 2.29. The van der Waals surface area contributed by atoms with Gasteiger partial charge in [-0.1, -0.05) is 0 Å². The Bertz CT molecular complexity index is 696. The molecule has 106 valence electrons. The second-order valence-electron chi connectivity index (χ2n) is 3.62. The van der Waals surface area contributed by atoms with Crippen LogP contribution in [0.5, 0.6) is 11.6 Å². The van der Waals surface area contributed by atoms with Crippen LogP contribution in [0, 0.1) is 0 Å². The minimum absolute atomic E-state index is 0.0829. The summed E-state index contributed by atoms with van der Waals surface area (Å²) in [6, 6.07) is 3.46. The van der Waals surface area contributed by atoms with Crippen LogP contribution in [0.15, 0.2) is 28.4 Å². The lowest BCUT2D eigenvalue weighted by Crippen LogP contribution is -2.16. The molecular formula is C10H7F3N4O2S. The van der Waals surface area contributed by atoms with Crippen LogP contribution in [-0.2, 0) is 0 Å². The van der Waals surface area contributed by atoms with Crippen molar-refractivity contribution in [1.82, 2.24) is 4.98 Å². The summed E-state index contributed by atoms with van der Waals surface area (Å²) < 4.78 is 40.2. The lowest BCUT2D eigenvalue weighted by atomic mass is 10.2. The molecule has 1 heterocycles. The molecule has 0 aliphatic rings. The molecule has 0 saturated heterocycles. The molecule has 0 amide bonds. The highest BCUT2D eigenvalue weighted by Gasteiger charge is 2.31. The maximum atomic E-state index is 12.1. The Balaban J connectivity index is 2.49. The van der Waals surface area contributed by atoms with Crippen LogP contribution in [0.1, 0.15) is 0 Å². The van der Waals surface area contributed by atoms with Crippen molar-refractivity contribution in [3.8, 4) is 11.6 Å². The van der Waals surface area contributed by atoms with Gasteiger partial charge in [0.25, 0.3) is 0 Å². The largest absolute Gasteiger partial charge is 0.573 e. The molecule has 0 bridgehead atoms. The van der Waals surface area contributed by atoms with Gasteiger partial charge in [0, 0.05) is 5.39 Å². The van der Waals surface area contributed by atoms with E-state index in [2.05, 4.69) is 32.2 Å². The zero-order valence-corrected chi connectivity index (χ0v) is 10.4. The Kier molecular flexibility index (Phi) is 3.49. The monoisotopic (exact) mass is 304 g/mol. The molecule has 1 aromatic heterocycles. The maximum absolute atomic E-state index is 12.1. The normalized spacial score (nSPS) is 12.2. The van der Waals surface area contributed by atoms with Crippen LogP contribution >= 0.6 is 12.2 Å². The summed E-state index contributed by atoms with van der Waals surface area (Å²) in [6.45, 7) is 0. The van der Waals surface area contributed by atoms with E-state index in [1.165, 1.54) is 6.07 Å². The van der Waals surface area contributed by atoms with E-state index in [0.717, 1.165) is 12.1 Å². The first-order valence-corrected chi connectivity index (χ1v) is 5.49. The quantitative estimate of drug-likeness (QED) is 0.586. The Morgan fingerprint density at radius 3 is 2.70 bits per heavy atom. The predicted octanol–water partition coefficient (Wildman–Crippen LogP) is 3.10. The SMILES string of the molecule is NC(=S)N=Nc1c(O)[nH]c2ccc(OC(F)(F)F)cc12. The number of azo groups is 1. The van der Waals surface area contributed by atoms with Gasteiger partial charge in [0.2, 0.25) is 11.0 Å².